The first-order valence-corrected chi connectivity index (χ1v) is 41.6. The van der Waals surface area contributed by atoms with Crippen LogP contribution < -0.4 is 16.0 Å². The molecular weight excluding hydrogens is 1530 g/mol. The van der Waals surface area contributed by atoms with E-state index in [1.54, 1.807) is 0 Å². The zero-order valence-electron chi connectivity index (χ0n) is 64.9. The van der Waals surface area contributed by atoms with Crippen molar-refractivity contribution in [3.63, 3.8) is 0 Å². The molecule has 3 aliphatic heterocycles. The van der Waals surface area contributed by atoms with Gasteiger partial charge in [0.25, 0.3) is 0 Å². The number of carbonyl (C=O) groups excluding carboxylic acids is 9. The number of ether oxygens (including phenoxy) is 7. The standard InChI is InChI=1S/C70H126N6O34P2/c1-47(81)71-59-65(93)62(90)53(44-78)108-68(59)101-36-17-5-8-20-50(84)23-11-14-26-56(87)74(29-35-77)31-40-104-111(96,97)106-42-33-76(58(89)28-16-13-25-52(86)22-10-7-19-38-103-70-61(73-49(3)83)67(95)64(92)55(46-80)110-70)34-43-107-112(98,99)105-41-32-75(30-39-100-4)57(88)27-15-12-24-51(85)21-9-6-18-37-102-69-60(72-48(2)82)66(94)63(91)54(45-79)109-69/h53-55,59-70,77-80,90-95H,5-46H2,1-4H3,(H,71,81)(H,72,82)(H,73,83)(H,96,97)(H,98,99). The fourth-order valence-electron chi connectivity index (χ4n) is 12.4. The van der Waals surface area contributed by atoms with E-state index in [1.807, 2.05) is 0 Å². The Balaban J connectivity index is 1.48. The maximum absolute atomic E-state index is 13.7. The van der Waals surface area contributed by atoms with Gasteiger partial charge in [-0.3, -0.25) is 61.2 Å². The van der Waals surface area contributed by atoms with Crippen LogP contribution in [0.2, 0.25) is 0 Å². The highest BCUT2D eigenvalue weighted by Crippen LogP contribution is 2.44. The molecule has 3 rings (SSSR count). The minimum Gasteiger partial charge on any atom is -0.395 e. The molecule has 0 aromatic rings. The van der Waals surface area contributed by atoms with E-state index in [0.29, 0.717) is 83.5 Å². The number of methoxy groups -OCH3 is 1. The first-order valence-electron chi connectivity index (χ1n) is 38.6. The number of aliphatic hydroxyl groups excluding tert-OH is 10. The molecule has 0 aliphatic carbocycles. The van der Waals surface area contributed by atoms with Crippen molar-refractivity contribution in [3.05, 3.63) is 0 Å². The van der Waals surface area contributed by atoms with Crippen LogP contribution in [0.5, 0.6) is 0 Å². The van der Waals surface area contributed by atoms with Crippen molar-refractivity contribution in [2.24, 2.45) is 0 Å². The fraction of sp³-hybridized carbons (Fsp3) is 0.871. The second kappa shape index (κ2) is 56.7. The molecule has 17 atom stereocenters. The Morgan fingerprint density at radius 1 is 0.339 bits per heavy atom. The smallest absolute Gasteiger partial charge is 0.395 e. The highest BCUT2D eigenvalue weighted by Gasteiger charge is 2.48. The number of unbranched alkanes of at least 4 members (excludes halogenated alkanes) is 9. The van der Waals surface area contributed by atoms with Gasteiger partial charge in [-0.25, -0.2) is 9.13 Å². The molecule has 0 radical (unpaired) electrons. The Kier molecular flexibility index (Phi) is 51.4. The van der Waals surface area contributed by atoms with Crippen molar-refractivity contribution < 1.29 is 164 Å². The summed E-state index contributed by atoms with van der Waals surface area (Å²) >= 11 is 0. The third-order valence-electron chi connectivity index (χ3n) is 18.6. The summed E-state index contributed by atoms with van der Waals surface area (Å²) in [4.78, 5) is 139. The molecule has 0 spiro atoms. The number of hydrogen-bond donors (Lipinski definition) is 15. The summed E-state index contributed by atoms with van der Waals surface area (Å²) in [7, 11) is -8.33. The van der Waals surface area contributed by atoms with Gasteiger partial charge in [-0.05, 0) is 77.0 Å². The molecule has 0 bridgehead atoms. The lowest BCUT2D eigenvalue weighted by atomic mass is 9.97. The van der Waals surface area contributed by atoms with Crippen LogP contribution in [-0.2, 0) is 104 Å². The minimum atomic E-state index is -4.88. The molecular formula is C70H126N6O34P2. The topological polar surface area (TPSA) is 578 Å². The lowest BCUT2D eigenvalue weighted by Gasteiger charge is -2.42. The van der Waals surface area contributed by atoms with Gasteiger partial charge in [-0.15, -0.1) is 0 Å². The van der Waals surface area contributed by atoms with E-state index in [-0.39, 0.29) is 160 Å². The Morgan fingerprint density at radius 3 is 0.821 bits per heavy atom. The summed E-state index contributed by atoms with van der Waals surface area (Å²) in [6.45, 7) is -1.52. The van der Waals surface area contributed by atoms with Crippen LogP contribution in [0, 0.1) is 0 Å². The largest absolute Gasteiger partial charge is 0.472 e. The zero-order chi connectivity index (χ0) is 83.2. The zero-order valence-corrected chi connectivity index (χ0v) is 66.7. The van der Waals surface area contributed by atoms with E-state index in [9.17, 15) is 113 Å². The molecule has 15 N–H and O–H groups in total. The average Bonchev–Trinajstić information content (AvgIpc) is 0.819. The number of nitrogens with one attached hydrogen (secondary N) is 3. The SMILES string of the molecule is COCCN(CCOP(=O)(O)OCCN(CCOP(=O)(O)OCCN(CCO)C(=O)CCCCC(=O)CCCCCOC1OC(CO)C(O)C(O)C1NC(C)=O)C(=O)CCCCC(=O)CCCCCOC1OC(CO)C(O)C(O)C1NC(C)=O)C(=O)CCCCC(=O)CCCCCOC1OC(CO)C(O)C(O)C1NC(C)=O. The molecule has 6 amide bonds. The number of hydrogen-bond acceptors (Lipinski definition) is 32. The highest BCUT2D eigenvalue weighted by atomic mass is 31.2. The number of phosphoric ester groups is 2. The van der Waals surface area contributed by atoms with Gasteiger partial charge < -0.3 is 125 Å². The number of nitrogens with zero attached hydrogens (tertiary/aromatic N) is 3. The van der Waals surface area contributed by atoms with Gasteiger partial charge in [0.2, 0.25) is 35.4 Å². The van der Waals surface area contributed by atoms with Crippen LogP contribution in [0.4, 0.5) is 0 Å². The van der Waals surface area contributed by atoms with Crippen LogP contribution in [0.15, 0.2) is 0 Å². The average molecular weight is 1660 g/mol. The van der Waals surface area contributed by atoms with Gasteiger partial charge in [0.1, 0.15) is 90.4 Å². The lowest BCUT2D eigenvalue weighted by Crippen LogP contribution is -2.64. The Hall–Kier alpha value is -4.63. The van der Waals surface area contributed by atoms with E-state index >= 15 is 0 Å². The van der Waals surface area contributed by atoms with Gasteiger partial charge in [-0.1, -0.05) is 19.3 Å². The van der Waals surface area contributed by atoms with Crippen LogP contribution in [0.3, 0.4) is 0 Å². The first kappa shape index (κ1) is 102. The predicted molar refractivity (Wildman–Crippen MR) is 392 cm³/mol. The van der Waals surface area contributed by atoms with E-state index in [2.05, 4.69) is 16.0 Å². The van der Waals surface area contributed by atoms with Crippen molar-refractivity contribution in [1.29, 1.82) is 0 Å². The molecule has 0 aromatic heterocycles. The molecule has 17 unspecified atom stereocenters. The summed E-state index contributed by atoms with van der Waals surface area (Å²) in [5.74, 6) is -2.96. The third kappa shape index (κ3) is 40.5. The van der Waals surface area contributed by atoms with Crippen LogP contribution in [0.25, 0.3) is 0 Å². The molecule has 3 aliphatic rings. The summed E-state index contributed by atoms with van der Waals surface area (Å²) in [6.07, 6.45) is -7.86. The molecule has 42 heteroatoms. The maximum Gasteiger partial charge on any atom is 0.472 e. The molecule has 3 fully saturated rings. The summed E-state index contributed by atoms with van der Waals surface area (Å²) in [5.41, 5.74) is 0. The van der Waals surface area contributed by atoms with Crippen molar-refractivity contribution >= 4 is 68.4 Å². The first-order chi connectivity index (χ1) is 53.3. The van der Waals surface area contributed by atoms with Gasteiger partial charge in [-0.2, -0.15) is 0 Å². The van der Waals surface area contributed by atoms with Gasteiger partial charge in [0.05, 0.1) is 59.5 Å². The molecule has 650 valence electrons. The number of ketones is 3. The number of carbonyl (C=O) groups is 9. The second-order valence-corrected chi connectivity index (χ2v) is 30.6. The number of Topliss-reactive ketones (excluding diaryl/α,β-unsaturated/α-hetero) is 3. The summed E-state index contributed by atoms with van der Waals surface area (Å²) in [5, 5.41) is 108. The summed E-state index contributed by atoms with van der Waals surface area (Å²) in [6, 6.07) is -3.26. The van der Waals surface area contributed by atoms with Crippen LogP contribution in [-0.4, -0.2) is 346 Å². The van der Waals surface area contributed by atoms with Crippen molar-refractivity contribution in [1.82, 2.24) is 30.7 Å². The van der Waals surface area contributed by atoms with Crippen molar-refractivity contribution in [2.45, 2.75) is 267 Å². The molecule has 3 saturated heterocycles. The molecule has 40 nitrogen and oxygen atoms in total. The Labute approximate surface area is 653 Å². The molecule has 0 aromatic carbocycles. The highest BCUT2D eigenvalue weighted by molar-refractivity contribution is 7.47. The van der Waals surface area contributed by atoms with Crippen molar-refractivity contribution in [2.75, 3.05) is 126 Å². The number of aliphatic hydroxyl groups is 10. The quantitative estimate of drug-likeness (QED) is 0.0239. The minimum absolute atomic E-state index is 0.0192. The van der Waals surface area contributed by atoms with E-state index in [1.165, 1.54) is 37.7 Å². The van der Waals surface area contributed by atoms with Gasteiger partial charge >= 0.3 is 15.6 Å². The Morgan fingerprint density at radius 2 is 0.580 bits per heavy atom. The van der Waals surface area contributed by atoms with E-state index in [0.717, 1.165) is 4.90 Å². The third-order valence-corrected chi connectivity index (χ3v) is 20.7. The number of amides is 6. The second-order valence-electron chi connectivity index (χ2n) is 27.7. The normalized spacial score (nSPS) is 24.9. The van der Waals surface area contributed by atoms with E-state index < -0.39 is 190 Å². The number of phosphoric acid groups is 2. The van der Waals surface area contributed by atoms with Crippen LogP contribution in [0.1, 0.15) is 175 Å². The molecule has 0 saturated carbocycles. The Bertz CT molecular complexity index is 2860. The maximum atomic E-state index is 13.7. The molecule has 112 heavy (non-hydrogen) atoms. The fourth-order valence-corrected chi connectivity index (χ4v) is 13.8. The lowest BCUT2D eigenvalue weighted by molar-refractivity contribution is -0.270. The van der Waals surface area contributed by atoms with E-state index in [4.69, 9.17) is 51.3 Å². The van der Waals surface area contributed by atoms with Crippen molar-refractivity contribution in [3.8, 4) is 0 Å². The summed E-state index contributed by atoms with van der Waals surface area (Å²) < 4.78 is 86.0. The predicted octanol–water partition coefficient (Wildman–Crippen LogP) is -1.67. The monoisotopic (exact) mass is 1660 g/mol. The van der Waals surface area contributed by atoms with Gasteiger partial charge in [0.15, 0.2) is 18.9 Å². The number of rotatable bonds is 63. The van der Waals surface area contributed by atoms with Gasteiger partial charge in [0, 0.05) is 145 Å². The van der Waals surface area contributed by atoms with Crippen LogP contribution >= 0.6 is 15.6 Å². The molecule has 3 heterocycles.